The summed E-state index contributed by atoms with van der Waals surface area (Å²) in [6.45, 7) is 4.36. The summed E-state index contributed by atoms with van der Waals surface area (Å²) in [6.07, 6.45) is 0.316. The summed E-state index contributed by atoms with van der Waals surface area (Å²) in [5.41, 5.74) is 2.22. The summed E-state index contributed by atoms with van der Waals surface area (Å²) in [5.74, 6) is 1.49. The van der Waals surface area contributed by atoms with Gasteiger partial charge in [-0.05, 0) is 61.4 Å². The van der Waals surface area contributed by atoms with Crippen molar-refractivity contribution >= 4 is 21.6 Å². The van der Waals surface area contributed by atoms with Gasteiger partial charge in [0, 0.05) is 25.0 Å². The first-order valence-corrected chi connectivity index (χ1v) is 10.8. The Kier molecular flexibility index (Phi) is 6.56. The van der Waals surface area contributed by atoms with Gasteiger partial charge in [-0.15, -0.1) is 0 Å². The fourth-order valence-electron chi connectivity index (χ4n) is 2.78. The molecule has 1 aromatic heterocycles. The molecular weight excluding hydrogens is 414 g/mol. The van der Waals surface area contributed by atoms with Crippen molar-refractivity contribution in [3.8, 4) is 5.75 Å². The van der Waals surface area contributed by atoms with Gasteiger partial charge in [0.2, 0.25) is 10.0 Å². The monoisotopic (exact) mass is 435 g/mol. The van der Waals surface area contributed by atoms with E-state index in [1.54, 1.807) is 12.1 Å². The van der Waals surface area contributed by atoms with Crippen LogP contribution in [0.15, 0.2) is 51.9 Å². The largest absolute Gasteiger partial charge is 0.484 e. The lowest BCUT2D eigenvalue weighted by atomic mass is 10.1. The predicted molar refractivity (Wildman–Crippen MR) is 110 cm³/mol. The zero-order valence-electron chi connectivity index (χ0n) is 16.4. The van der Waals surface area contributed by atoms with Gasteiger partial charge >= 0.3 is 0 Å². The molecule has 154 valence electrons. The van der Waals surface area contributed by atoms with Crippen LogP contribution in [-0.2, 0) is 23.1 Å². The van der Waals surface area contributed by atoms with E-state index in [4.69, 9.17) is 20.9 Å². The van der Waals surface area contributed by atoms with Gasteiger partial charge in [0.15, 0.2) is 12.4 Å². The maximum Gasteiger partial charge on any atom is 0.264 e. The van der Waals surface area contributed by atoms with Crippen LogP contribution in [0.25, 0.3) is 0 Å². The predicted octanol–water partition coefficient (Wildman–Crippen LogP) is 3.78. The van der Waals surface area contributed by atoms with Crippen molar-refractivity contribution in [1.29, 1.82) is 0 Å². The summed E-state index contributed by atoms with van der Waals surface area (Å²) >= 11 is 5.82. The number of hydrogen-bond acceptors (Lipinski definition) is 6. The van der Waals surface area contributed by atoms with Crippen LogP contribution < -0.4 is 4.74 Å². The van der Waals surface area contributed by atoms with Crippen molar-refractivity contribution in [2.45, 2.75) is 31.8 Å². The van der Waals surface area contributed by atoms with Gasteiger partial charge in [-0.1, -0.05) is 22.8 Å². The summed E-state index contributed by atoms with van der Waals surface area (Å²) in [5, 5.41) is 4.38. The molecular formula is C20H22ClN3O4S. The van der Waals surface area contributed by atoms with Crippen LogP contribution in [0.5, 0.6) is 5.75 Å². The van der Waals surface area contributed by atoms with Crippen LogP contribution in [-0.4, -0.2) is 36.5 Å². The number of sulfonamides is 1. The third kappa shape index (κ3) is 5.56. The smallest absolute Gasteiger partial charge is 0.264 e. The van der Waals surface area contributed by atoms with Gasteiger partial charge in [0.1, 0.15) is 5.75 Å². The zero-order valence-corrected chi connectivity index (χ0v) is 18.0. The topological polar surface area (TPSA) is 85.5 Å². The van der Waals surface area contributed by atoms with Crippen LogP contribution in [0.3, 0.4) is 0 Å². The van der Waals surface area contributed by atoms with E-state index >= 15 is 0 Å². The van der Waals surface area contributed by atoms with Crippen molar-refractivity contribution in [2.75, 3.05) is 13.6 Å². The second kappa shape index (κ2) is 8.94. The molecule has 0 unspecified atom stereocenters. The molecule has 9 heteroatoms. The number of aryl methyl sites for hydroxylation is 2. The first kappa shape index (κ1) is 21.3. The molecule has 3 aromatic rings. The molecule has 3 rings (SSSR count). The fourth-order valence-corrected chi connectivity index (χ4v) is 4.07. The van der Waals surface area contributed by atoms with E-state index in [0.29, 0.717) is 23.2 Å². The number of likely N-dealkylation sites (N-methyl/N-ethyl adjacent to an activating group) is 1. The second-order valence-corrected chi connectivity index (χ2v) is 9.23. The Hall–Kier alpha value is -2.42. The van der Waals surface area contributed by atoms with E-state index in [2.05, 4.69) is 16.2 Å². The molecule has 0 radical (unpaired) electrons. The van der Waals surface area contributed by atoms with Crippen molar-refractivity contribution in [1.82, 2.24) is 14.4 Å². The molecule has 0 N–H and O–H groups in total. The first-order chi connectivity index (χ1) is 13.7. The Morgan fingerprint density at radius 2 is 1.76 bits per heavy atom. The second-order valence-electron chi connectivity index (χ2n) is 6.75. The number of hydrogen-bond donors (Lipinski definition) is 0. The van der Waals surface area contributed by atoms with Gasteiger partial charge < -0.3 is 9.26 Å². The van der Waals surface area contributed by atoms with Gasteiger partial charge in [-0.3, -0.25) is 0 Å². The highest BCUT2D eigenvalue weighted by Crippen LogP contribution is 2.19. The summed E-state index contributed by atoms with van der Waals surface area (Å²) in [4.78, 5) is 4.45. The SMILES string of the molecule is Cc1cc(C)cc(OCc2nc(CCN(C)S(=O)(=O)c3ccc(Cl)cc3)no2)c1. The van der Waals surface area contributed by atoms with Gasteiger partial charge in [-0.2, -0.15) is 4.98 Å². The van der Waals surface area contributed by atoms with E-state index < -0.39 is 10.0 Å². The van der Waals surface area contributed by atoms with E-state index in [9.17, 15) is 8.42 Å². The number of halogens is 1. The maximum absolute atomic E-state index is 12.6. The van der Waals surface area contributed by atoms with Crippen LogP contribution in [0.2, 0.25) is 5.02 Å². The highest BCUT2D eigenvalue weighted by Gasteiger charge is 2.21. The quantitative estimate of drug-likeness (QED) is 0.535. The number of nitrogens with zero attached hydrogens (tertiary/aromatic N) is 3. The minimum absolute atomic E-state index is 0.148. The van der Waals surface area contributed by atoms with Gasteiger partial charge in [0.05, 0.1) is 4.90 Å². The molecule has 0 aliphatic rings. The molecule has 0 saturated heterocycles. The Balaban J connectivity index is 1.56. The number of ether oxygens (including phenoxy) is 1. The molecule has 0 fully saturated rings. The molecule has 0 amide bonds. The number of benzene rings is 2. The molecule has 0 bridgehead atoms. The molecule has 0 saturated carbocycles. The molecule has 1 heterocycles. The minimum atomic E-state index is -3.61. The minimum Gasteiger partial charge on any atom is -0.484 e. The van der Waals surface area contributed by atoms with Crippen LogP contribution in [0.1, 0.15) is 22.8 Å². The average Bonchev–Trinajstić information content (AvgIpc) is 3.12. The third-order valence-electron chi connectivity index (χ3n) is 4.24. The van der Waals surface area contributed by atoms with E-state index in [1.807, 2.05) is 26.0 Å². The van der Waals surface area contributed by atoms with Crippen LogP contribution in [0.4, 0.5) is 0 Å². The highest BCUT2D eigenvalue weighted by molar-refractivity contribution is 7.89. The first-order valence-electron chi connectivity index (χ1n) is 8.98. The number of aromatic nitrogens is 2. The lowest BCUT2D eigenvalue weighted by molar-refractivity contribution is 0.242. The van der Waals surface area contributed by atoms with Gasteiger partial charge in [0.25, 0.3) is 5.89 Å². The van der Waals surface area contributed by atoms with Crippen molar-refractivity contribution in [3.05, 3.63) is 70.3 Å². The normalized spacial score (nSPS) is 11.8. The average molecular weight is 436 g/mol. The van der Waals surface area contributed by atoms with E-state index in [0.717, 1.165) is 16.9 Å². The standard InChI is InChI=1S/C20H22ClN3O4S/c1-14-10-15(2)12-17(11-14)27-13-20-22-19(23-28-20)8-9-24(3)29(25,26)18-6-4-16(21)5-7-18/h4-7,10-12H,8-9,13H2,1-3H3. The molecule has 0 aliphatic heterocycles. The Morgan fingerprint density at radius 1 is 1.10 bits per heavy atom. The van der Waals surface area contributed by atoms with Crippen LogP contribution in [0, 0.1) is 13.8 Å². The highest BCUT2D eigenvalue weighted by atomic mass is 35.5. The van der Waals surface area contributed by atoms with Gasteiger partial charge in [-0.25, -0.2) is 12.7 Å². The summed E-state index contributed by atoms with van der Waals surface area (Å²) in [6, 6.07) is 12.0. The summed E-state index contributed by atoms with van der Waals surface area (Å²) < 4.78 is 37.3. The number of rotatable bonds is 8. The molecule has 0 spiro atoms. The van der Waals surface area contributed by atoms with E-state index in [1.165, 1.54) is 23.5 Å². The Bertz CT molecular complexity index is 1060. The Morgan fingerprint density at radius 3 is 2.41 bits per heavy atom. The molecule has 0 aliphatic carbocycles. The van der Waals surface area contributed by atoms with Crippen LogP contribution >= 0.6 is 11.6 Å². The Labute approximate surface area is 175 Å². The molecule has 2 aromatic carbocycles. The lowest BCUT2D eigenvalue weighted by Crippen LogP contribution is -2.29. The lowest BCUT2D eigenvalue weighted by Gasteiger charge is -2.16. The maximum atomic E-state index is 12.6. The third-order valence-corrected chi connectivity index (χ3v) is 6.36. The van der Waals surface area contributed by atoms with Crippen molar-refractivity contribution in [3.63, 3.8) is 0 Å². The molecule has 29 heavy (non-hydrogen) atoms. The molecule has 7 nitrogen and oxygen atoms in total. The summed E-state index contributed by atoms with van der Waals surface area (Å²) in [7, 11) is -2.10. The molecule has 0 atom stereocenters. The fraction of sp³-hybridized carbons (Fsp3) is 0.300. The van der Waals surface area contributed by atoms with Crippen molar-refractivity contribution < 1.29 is 17.7 Å². The van der Waals surface area contributed by atoms with Crippen molar-refractivity contribution in [2.24, 2.45) is 0 Å². The van der Waals surface area contributed by atoms with E-state index in [-0.39, 0.29) is 18.0 Å². The zero-order chi connectivity index (χ0) is 21.0.